The lowest BCUT2D eigenvalue weighted by molar-refractivity contribution is -0.00522. The fourth-order valence-corrected chi connectivity index (χ4v) is 3.13. The minimum absolute atomic E-state index is 0.259. The highest BCUT2D eigenvalue weighted by Gasteiger charge is 2.23. The lowest BCUT2D eigenvalue weighted by Gasteiger charge is -2.36. The van der Waals surface area contributed by atoms with Gasteiger partial charge in [0.25, 0.3) is 0 Å². The Kier molecular flexibility index (Phi) is 5.17. The molecule has 0 N–H and O–H groups in total. The van der Waals surface area contributed by atoms with E-state index in [0.29, 0.717) is 0 Å². The first kappa shape index (κ1) is 16.2. The van der Waals surface area contributed by atoms with E-state index in [4.69, 9.17) is 4.74 Å². The Bertz CT molecular complexity index is 601. The summed E-state index contributed by atoms with van der Waals surface area (Å²) >= 11 is 4.38. The maximum atomic E-state index is 5.77. The van der Waals surface area contributed by atoms with Crippen molar-refractivity contribution >= 4 is 29.5 Å². The van der Waals surface area contributed by atoms with E-state index in [1.54, 1.807) is 3.97 Å². The lowest BCUT2D eigenvalue weighted by atomic mass is 10.2. The van der Waals surface area contributed by atoms with Crippen LogP contribution in [0.25, 0.3) is 11.0 Å². The lowest BCUT2D eigenvalue weighted by Crippen LogP contribution is -2.45. The van der Waals surface area contributed by atoms with Gasteiger partial charge in [-0.05, 0) is 32.4 Å². The molecule has 2 aromatic rings. The van der Waals surface area contributed by atoms with Gasteiger partial charge in [0, 0.05) is 24.7 Å². The molecule has 0 radical (unpaired) electrons. The van der Waals surface area contributed by atoms with Crippen molar-refractivity contribution in [2.24, 2.45) is 0 Å². The molecule has 0 amide bonds. The predicted molar refractivity (Wildman–Crippen MR) is 92.4 cm³/mol. The monoisotopic (exact) mass is 307 g/mol. The second-order valence-electron chi connectivity index (χ2n) is 5.38. The molecule has 3 rings (SSSR count). The van der Waals surface area contributed by atoms with Gasteiger partial charge in [-0.1, -0.05) is 26.7 Å². The molecule has 3 heterocycles. The van der Waals surface area contributed by atoms with Gasteiger partial charge in [-0.2, -0.15) is 0 Å². The van der Waals surface area contributed by atoms with Gasteiger partial charge in [0.1, 0.15) is 5.65 Å². The Hall–Kier alpha value is -1.20. The number of aryl methyl sites for hydroxylation is 1. The molecule has 1 saturated heterocycles. The summed E-state index contributed by atoms with van der Waals surface area (Å²) in [6.45, 7) is 12.1. The zero-order valence-electron chi connectivity index (χ0n) is 13.5. The molecular weight excluding hydrogens is 282 g/mol. The van der Waals surface area contributed by atoms with Crippen LogP contribution in [0, 0.1) is 6.92 Å². The summed E-state index contributed by atoms with van der Waals surface area (Å²) in [6.07, 6.45) is 4.44. The molecule has 0 bridgehead atoms. The van der Waals surface area contributed by atoms with Crippen molar-refractivity contribution in [1.29, 1.82) is 0 Å². The number of rotatable bonds is 1. The SMILES string of the molecule is CC.Cc1cn(S)c2ncc(N3CC(C)OC(C)C3)cc12. The number of aromatic nitrogens is 2. The average molecular weight is 307 g/mol. The largest absolute Gasteiger partial charge is 0.372 e. The van der Waals surface area contributed by atoms with Crippen molar-refractivity contribution < 1.29 is 4.74 Å². The molecule has 0 saturated carbocycles. The van der Waals surface area contributed by atoms with E-state index >= 15 is 0 Å². The second-order valence-corrected chi connectivity index (χ2v) is 5.81. The van der Waals surface area contributed by atoms with Crippen molar-refractivity contribution in [3.8, 4) is 0 Å². The van der Waals surface area contributed by atoms with Crippen molar-refractivity contribution in [3.05, 3.63) is 24.0 Å². The molecule has 0 aromatic carbocycles. The Morgan fingerprint density at radius 3 is 2.48 bits per heavy atom. The Labute approximate surface area is 132 Å². The Morgan fingerprint density at radius 2 is 1.86 bits per heavy atom. The van der Waals surface area contributed by atoms with E-state index in [0.717, 1.165) is 24.4 Å². The first-order chi connectivity index (χ1) is 10.0. The van der Waals surface area contributed by atoms with Crippen LogP contribution in [0.15, 0.2) is 18.5 Å². The highest BCUT2D eigenvalue weighted by Crippen LogP contribution is 2.26. The third-order valence-electron chi connectivity index (χ3n) is 3.59. The summed E-state index contributed by atoms with van der Waals surface area (Å²) in [5, 5.41) is 1.17. The highest BCUT2D eigenvalue weighted by molar-refractivity contribution is 7.78. The maximum Gasteiger partial charge on any atom is 0.150 e. The van der Waals surface area contributed by atoms with Gasteiger partial charge in [0.2, 0.25) is 0 Å². The second kappa shape index (κ2) is 6.71. The van der Waals surface area contributed by atoms with Crippen molar-refractivity contribution in [3.63, 3.8) is 0 Å². The van der Waals surface area contributed by atoms with Crippen LogP contribution < -0.4 is 4.90 Å². The van der Waals surface area contributed by atoms with E-state index in [1.165, 1.54) is 10.9 Å². The van der Waals surface area contributed by atoms with Crippen molar-refractivity contribution in [2.45, 2.75) is 46.8 Å². The summed E-state index contributed by atoms with van der Waals surface area (Å²) in [5.74, 6) is 0. The summed E-state index contributed by atoms with van der Waals surface area (Å²) in [5.41, 5.74) is 3.28. The molecule has 5 heteroatoms. The zero-order valence-corrected chi connectivity index (χ0v) is 14.4. The van der Waals surface area contributed by atoms with Crippen LogP contribution in [0.3, 0.4) is 0 Å². The number of anilines is 1. The molecule has 116 valence electrons. The Morgan fingerprint density at radius 1 is 1.24 bits per heavy atom. The molecule has 0 aliphatic carbocycles. The van der Waals surface area contributed by atoms with Crippen LogP contribution in [-0.2, 0) is 4.74 Å². The number of hydrogen-bond donors (Lipinski definition) is 1. The molecule has 21 heavy (non-hydrogen) atoms. The summed E-state index contributed by atoms with van der Waals surface area (Å²) < 4.78 is 7.55. The number of pyridine rings is 1. The van der Waals surface area contributed by atoms with Crippen LogP contribution in [0.1, 0.15) is 33.3 Å². The fraction of sp³-hybridized carbons (Fsp3) is 0.562. The van der Waals surface area contributed by atoms with Crippen LogP contribution in [0.5, 0.6) is 0 Å². The molecule has 4 nitrogen and oxygen atoms in total. The van der Waals surface area contributed by atoms with E-state index in [1.807, 2.05) is 26.2 Å². The van der Waals surface area contributed by atoms with Crippen LogP contribution in [-0.4, -0.2) is 34.3 Å². The third-order valence-corrected chi connectivity index (χ3v) is 3.90. The van der Waals surface area contributed by atoms with Crippen molar-refractivity contribution in [2.75, 3.05) is 18.0 Å². The Balaban J connectivity index is 0.000000774. The van der Waals surface area contributed by atoms with E-state index in [-0.39, 0.29) is 12.2 Å². The highest BCUT2D eigenvalue weighted by atomic mass is 32.1. The van der Waals surface area contributed by atoms with Gasteiger partial charge in [-0.3, -0.25) is 3.97 Å². The van der Waals surface area contributed by atoms with Crippen LogP contribution in [0.2, 0.25) is 0 Å². The summed E-state index contributed by atoms with van der Waals surface area (Å²) in [4.78, 5) is 6.88. The van der Waals surface area contributed by atoms with E-state index in [2.05, 4.69) is 49.5 Å². The van der Waals surface area contributed by atoms with Crippen molar-refractivity contribution in [1.82, 2.24) is 8.96 Å². The number of hydrogen-bond acceptors (Lipinski definition) is 4. The molecule has 2 atom stereocenters. The van der Waals surface area contributed by atoms with Gasteiger partial charge >= 0.3 is 0 Å². The molecule has 0 spiro atoms. The molecular formula is C16H25N3OS. The van der Waals surface area contributed by atoms with Crippen LogP contribution >= 0.6 is 12.8 Å². The molecule has 2 aromatic heterocycles. The molecule has 1 aliphatic rings. The minimum Gasteiger partial charge on any atom is -0.372 e. The van der Waals surface area contributed by atoms with Gasteiger partial charge < -0.3 is 9.64 Å². The first-order valence-corrected chi connectivity index (χ1v) is 8.02. The van der Waals surface area contributed by atoms with Gasteiger partial charge in [0.15, 0.2) is 0 Å². The van der Waals surface area contributed by atoms with Gasteiger partial charge in [0.05, 0.1) is 24.1 Å². The van der Waals surface area contributed by atoms with Crippen LogP contribution in [0.4, 0.5) is 5.69 Å². The van der Waals surface area contributed by atoms with E-state index in [9.17, 15) is 0 Å². The van der Waals surface area contributed by atoms with Gasteiger partial charge in [-0.25, -0.2) is 4.98 Å². The maximum absolute atomic E-state index is 5.77. The fourth-order valence-electron chi connectivity index (χ4n) is 2.80. The average Bonchev–Trinajstić information content (AvgIpc) is 2.75. The topological polar surface area (TPSA) is 30.3 Å². The quantitative estimate of drug-likeness (QED) is 0.815. The number of ether oxygens (including phenoxy) is 1. The number of morpholine rings is 1. The normalized spacial score (nSPS) is 22.1. The van der Waals surface area contributed by atoms with Gasteiger partial charge in [-0.15, -0.1) is 0 Å². The van der Waals surface area contributed by atoms with E-state index < -0.39 is 0 Å². The zero-order chi connectivity index (χ0) is 15.6. The number of fused-ring (bicyclic) bond motifs is 1. The summed E-state index contributed by atoms with van der Waals surface area (Å²) in [7, 11) is 0. The predicted octanol–water partition coefficient (Wildman–Crippen LogP) is 3.68. The standard InChI is InChI=1S/C14H19N3OS.C2H6/c1-9-6-17(19)14-13(9)4-12(5-15-14)16-7-10(2)18-11(3)8-16;1-2/h4-6,10-11,19H,7-8H2,1-3H3;1-2H3. The number of thiol groups is 1. The number of nitrogens with zero attached hydrogens (tertiary/aromatic N) is 3. The minimum atomic E-state index is 0.259. The molecule has 1 fully saturated rings. The molecule has 2 unspecified atom stereocenters. The summed E-state index contributed by atoms with van der Waals surface area (Å²) in [6, 6.07) is 2.20. The smallest absolute Gasteiger partial charge is 0.150 e. The third kappa shape index (κ3) is 3.35. The molecule has 1 aliphatic heterocycles. The first-order valence-electron chi connectivity index (χ1n) is 7.62.